The molecule has 3 aliphatic rings. The lowest BCUT2D eigenvalue weighted by Gasteiger charge is -2.35. The maximum Gasteiger partial charge on any atom is 0.312 e. The molecule has 5 rings (SSSR count). The SMILES string of the molecule is CCOC(=O)[C@@H]1[C@@H]2CC[C@]3(O2)[C@H](C(=O)NCn2nnc4ccccc42)N([C@H](C)CO)C(=O)[C@@H]13. The van der Waals surface area contributed by atoms with Gasteiger partial charge in [-0.3, -0.25) is 14.4 Å². The van der Waals surface area contributed by atoms with Gasteiger partial charge in [0.05, 0.1) is 42.7 Å². The van der Waals surface area contributed by atoms with Crippen LogP contribution in [0.5, 0.6) is 0 Å². The van der Waals surface area contributed by atoms with E-state index in [1.807, 2.05) is 24.3 Å². The molecule has 0 saturated carbocycles. The van der Waals surface area contributed by atoms with Crippen LogP contribution in [0.15, 0.2) is 24.3 Å². The highest BCUT2D eigenvalue weighted by molar-refractivity contribution is 5.98. The summed E-state index contributed by atoms with van der Waals surface area (Å²) in [6, 6.07) is 5.79. The first kappa shape index (κ1) is 21.8. The third-order valence-electron chi connectivity index (χ3n) is 7.11. The molecule has 1 aromatic heterocycles. The highest BCUT2D eigenvalue weighted by atomic mass is 16.6. The number of hydrogen-bond acceptors (Lipinski definition) is 8. The number of aliphatic hydroxyl groups excluding tert-OH is 1. The molecule has 1 aromatic carbocycles. The molecule has 0 aliphatic carbocycles. The monoisotopic (exact) mass is 457 g/mol. The fourth-order valence-electron chi connectivity index (χ4n) is 5.74. The summed E-state index contributed by atoms with van der Waals surface area (Å²) in [4.78, 5) is 41.2. The van der Waals surface area contributed by atoms with Crippen LogP contribution in [0.3, 0.4) is 0 Å². The number of aromatic nitrogens is 3. The molecule has 1 spiro atoms. The van der Waals surface area contributed by atoms with E-state index in [2.05, 4.69) is 15.6 Å². The van der Waals surface area contributed by atoms with Crippen molar-refractivity contribution in [3.63, 3.8) is 0 Å². The Labute approximate surface area is 190 Å². The van der Waals surface area contributed by atoms with Crippen LogP contribution in [-0.4, -0.2) is 79.8 Å². The van der Waals surface area contributed by atoms with Crippen molar-refractivity contribution in [1.29, 1.82) is 0 Å². The number of carbonyl (C=O) groups excluding carboxylic acids is 3. The fraction of sp³-hybridized carbons (Fsp3) is 0.591. The molecule has 2 amide bonds. The van der Waals surface area contributed by atoms with E-state index >= 15 is 0 Å². The Morgan fingerprint density at radius 1 is 1.39 bits per heavy atom. The lowest BCUT2D eigenvalue weighted by molar-refractivity contribution is -0.155. The van der Waals surface area contributed by atoms with Gasteiger partial charge in [-0.2, -0.15) is 0 Å². The summed E-state index contributed by atoms with van der Waals surface area (Å²) < 4.78 is 13.1. The van der Waals surface area contributed by atoms with Gasteiger partial charge in [-0.1, -0.05) is 17.3 Å². The third-order valence-corrected chi connectivity index (χ3v) is 7.11. The average molecular weight is 457 g/mol. The number of aliphatic hydroxyl groups is 1. The van der Waals surface area contributed by atoms with Crippen LogP contribution in [0.4, 0.5) is 0 Å². The smallest absolute Gasteiger partial charge is 0.312 e. The van der Waals surface area contributed by atoms with Gasteiger partial charge in [0.1, 0.15) is 23.8 Å². The zero-order chi connectivity index (χ0) is 23.3. The molecule has 0 unspecified atom stereocenters. The summed E-state index contributed by atoms with van der Waals surface area (Å²) >= 11 is 0. The second-order valence-corrected chi connectivity index (χ2v) is 8.86. The number of esters is 1. The van der Waals surface area contributed by atoms with Crippen molar-refractivity contribution < 1.29 is 29.0 Å². The van der Waals surface area contributed by atoms with Crippen LogP contribution < -0.4 is 5.32 Å². The Morgan fingerprint density at radius 2 is 2.18 bits per heavy atom. The number of fused-ring (bicyclic) bond motifs is 2. The van der Waals surface area contributed by atoms with Crippen LogP contribution in [0.1, 0.15) is 26.7 Å². The maximum atomic E-state index is 13.5. The van der Waals surface area contributed by atoms with Crippen molar-refractivity contribution in [2.45, 2.75) is 57.1 Å². The summed E-state index contributed by atoms with van der Waals surface area (Å²) in [6.07, 6.45) is 0.578. The van der Waals surface area contributed by atoms with E-state index in [4.69, 9.17) is 9.47 Å². The summed E-state index contributed by atoms with van der Waals surface area (Å²) in [5, 5.41) is 20.9. The van der Waals surface area contributed by atoms with E-state index in [1.165, 1.54) is 4.90 Å². The number of hydrogen-bond donors (Lipinski definition) is 2. The molecular formula is C22H27N5O6. The number of carbonyl (C=O) groups is 3. The Bertz CT molecular complexity index is 1100. The predicted octanol–water partition coefficient (Wildman–Crippen LogP) is -0.176. The van der Waals surface area contributed by atoms with Crippen LogP contribution >= 0.6 is 0 Å². The Balaban J connectivity index is 1.45. The highest BCUT2D eigenvalue weighted by Gasteiger charge is 2.75. The van der Waals surface area contributed by atoms with Gasteiger partial charge in [-0.25, -0.2) is 4.68 Å². The number of amides is 2. The summed E-state index contributed by atoms with van der Waals surface area (Å²) in [5.74, 6) is -2.82. The van der Waals surface area contributed by atoms with Crippen molar-refractivity contribution in [2.75, 3.05) is 13.2 Å². The zero-order valence-electron chi connectivity index (χ0n) is 18.5. The van der Waals surface area contributed by atoms with E-state index in [9.17, 15) is 19.5 Å². The zero-order valence-corrected chi connectivity index (χ0v) is 18.5. The lowest BCUT2D eigenvalue weighted by atomic mass is 9.71. The second kappa shape index (κ2) is 8.07. The maximum absolute atomic E-state index is 13.5. The molecule has 6 atom stereocenters. The number of rotatable bonds is 7. The molecule has 2 bridgehead atoms. The molecule has 3 aliphatic heterocycles. The Hall–Kier alpha value is -3.05. The third kappa shape index (κ3) is 3.13. The highest BCUT2D eigenvalue weighted by Crippen LogP contribution is 2.58. The fourth-order valence-corrected chi connectivity index (χ4v) is 5.74. The number of nitrogens with zero attached hydrogens (tertiary/aromatic N) is 4. The molecule has 11 heteroatoms. The molecule has 2 N–H and O–H groups in total. The van der Waals surface area contributed by atoms with Crippen molar-refractivity contribution >= 4 is 28.8 Å². The van der Waals surface area contributed by atoms with Gasteiger partial charge in [0.2, 0.25) is 11.8 Å². The standard InChI is InChI=1S/C22H27N5O6/c1-3-32-21(31)16-15-8-9-22(33-15)17(16)20(30)27(12(2)10-28)18(22)19(29)23-11-26-14-7-5-4-6-13(14)24-25-26/h4-7,12,15-18,28H,3,8-11H2,1-2H3,(H,23,29)/t12-,15+,16-,17-,18+,22-/m1/s1. The molecule has 176 valence electrons. The normalized spacial score (nSPS) is 31.1. The van der Waals surface area contributed by atoms with Crippen LogP contribution in [-0.2, 0) is 30.5 Å². The van der Waals surface area contributed by atoms with Gasteiger partial charge in [0.25, 0.3) is 0 Å². The first-order valence-corrected chi connectivity index (χ1v) is 11.3. The molecule has 2 aromatic rings. The second-order valence-electron chi connectivity index (χ2n) is 8.86. The minimum atomic E-state index is -1.13. The van der Waals surface area contributed by atoms with E-state index in [0.717, 1.165) is 5.52 Å². The molecule has 3 saturated heterocycles. The van der Waals surface area contributed by atoms with Crippen LogP contribution in [0.25, 0.3) is 11.0 Å². The molecule has 3 fully saturated rings. The summed E-state index contributed by atoms with van der Waals surface area (Å²) in [5.41, 5.74) is 0.335. The lowest BCUT2D eigenvalue weighted by Crippen LogP contribution is -2.57. The van der Waals surface area contributed by atoms with Crippen molar-refractivity contribution in [3.05, 3.63) is 24.3 Å². The topological polar surface area (TPSA) is 136 Å². The van der Waals surface area contributed by atoms with Gasteiger partial charge in [0, 0.05) is 0 Å². The number of benzene rings is 1. The first-order valence-electron chi connectivity index (χ1n) is 11.3. The minimum absolute atomic E-state index is 0.0524. The van der Waals surface area contributed by atoms with E-state index in [-0.39, 0.29) is 25.8 Å². The average Bonchev–Trinajstić information content (AvgIpc) is 3.56. The van der Waals surface area contributed by atoms with Crippen molar-refractivity contribution in [3.8, 4) is 0 Å². The molecule has 0 radical (unpaired) electrons. The van der Waals surface area contributed by atoms with Crippen LogP contribution in [0.2, 0.25) is 0 Å². The number of likely N-dealkylation sites (tertiary alicyclic amines) is 1. The minimum Gasteiger partial charge on any atom is -0.466 e. The van der Waals surface area contributed by atoms with Gasteiger partial charge in [0.15, 0.2) is 0 Å². The van der Waals surface area contributed by atoms with E-state index < -0.39 is 47.5 Å². The van der Waals surface area contributed by atoms with Gasteiger partial charge in [-0.15, -0.1) is 5.10 Å². The predicted molar refractivity (Wildman–Crippen MR) is 113 cm³/mol. The van der Waals surface area contributed by atoms with Crippen molar-refractivity contribution in [2.24, 2.45) is 11.8 Å². The number of para-hydroxylation sites is 1. The molecule has 33 heavy (non-hydrogen) atoms. The number of ether oxygens (including phenoxy) is 2. The quantitative estimate of drug-likeness (QED) is 0.547. The number of nitrogens with one attached hydrogen (secondary N) is 1. The summed E-state index contributed by atoms with van der Waals surface area (Å²) in [7, 11) is 0. The van der Waals surface area contributed by atoms with E-state index in [0.29, 0.717) is 18.4 Å². The van der Waals surface area contributed by atoms with Gasteiger partial charge < -0.3 is 24.8 Å². The Morgan fingerprint density at radius 3 is 2.94 bits per heavy atom. The molecular weight excluding hydrogens is 430 g/mol. The summed E-state index contributed by atoms with van der Waals surface area (Å²) in [6.45, 7) is 3.31. The molecule has 11 nitrogen and oxygen atoms in total. The first-order chi connectivity index (χ1) is 15.9. The van der Waals surface area contributed by atoms with Crippen LogP contribution in [0, 0.1) is 11.8 Å². The van der Waals surface area contributed by atoms with Crippen molar-refractivity contribution in [1.82, 2.24) is 25.2 Å². The largest absolute Gasteiger partial charge is 0.466 e. The van der Waals surface area contributed by atoms with Gasteiger partial charge >= 0.3 is 5.97 Å². The van der Waals surface area contributed by atoms with Gasteiger partial charge in [-0.05, 0) is 38.8 Å². The molecule has 4 heterocycles. The van der Waals surface area contributed by atoms with E-state index in [1.54, 1.807) is 18.5 Å². The Kier molecular flexibility index (Phi) is 5.32.